The van der Waals surface area contributed by atoms with Gasteiger partial charge >= 0.3 is 0 Å². The molecule has 0 aliphatic rings. The van der Waals surface area contributed by atoms with Gasteiger partial charge in [0.25, 0.3) is 0 Å². The first-order valence-electron chi connectivity index (χ1n) is 16.8. The van der Waals surface area contributed by atoms with E-state index in [1.165, 1.54) is 183 Å². The molecule has 36 heavy (non-hydrogen) atoms. The lowest BCUT2D eigenvalue weighted by atomic mass is 10.0. The van der Waals surface area contributed by atoms with Crippen LogP contribution in [-0.4, -0.2) is 61.3 Å². The standard InChI is InChI=1S/C33H72N2.BrH/c1-7-34(8-2,9-3)32-30-28-26-24-22-20-18-16-14-13-15-17-19-21-23-25-27-29-31-33-35(10-4,11-5)12-6;/h7-33H2,1-6H3;1H/q+2;/p-1. The Balaban J connectivity index is 0. The molecule has 0 aromatic carbocycles. The number of rotatable bonds is 28. The van der Waals surface area contributed by atoms with Crippen molar-refractivity contribution in [3.8, 4) is 0 Å². The largest absolute Gasteiger partial charge is 1.00 e. The Morgan fingerprint density at radius 2 is 0.389 bits per heavy atom. The molecule has 0 aliphatic heterocycles. The topological polar surface area (TPSA) is 0 Å². The maximum absolute atomic E-state index is 2.37. The summed E-state index contributed by atoms with van der Waals surface area (Å²) >= 11 is 0. The lowest BCUT2D eigenvalue weighted by molar-refractivity contribution is -0.923. The van der Waals surface area contributed by atoms with E-state index in [2.05, 4.69) is 41.5 Å². The number of nitrogens with zero attached hydrogens (tertiary/aromatic N) is 2. The van der Waals surface area contributed by atoms with Gasteiger partial charge in [-0.15, -0.1) is 0 Å². The summed E-state index contributed by atoms with van der Waals surface area (Å²) in [6, 6.07) is 0. The Morgan fingerprint density at radius 3 is 0.528 bits per heavy atom. The Morgan fingerprint density at radius 1 is 0.250 bits per heavy atom. The zero-order chi connectivity index (χ0) is 26.1. The molecule has 0 bridgehead atoms. The zero-order valence-electron chi connectivity index (χ0n) is 26.4. The van der Waals surface area contributed by atoms with Gasteiger partial charge in [0.1, 0.15) is 0 Å². The zero-order valence-corrected chi connectivity index (χ0v) is 28.0. The summed E-state index contributed by atoms with van der Waals surface area (Å²) in [5, 5.41) is 0. The van der Waals surface area contributed by atoms with E-state index in [0.717, 1.165) is 0 Å². The Hall–Kier alpha value is 0.400. The third-order valence-electron chi connectivity index (χ3n) is 9.79. The van der Waals surface area contributed by atoms with Crippen molar-refractivity contribution in [2.75, 3.05) is 52.4 Å². The molecule has 0 heterocycles. The Labute approximate surface area is 241 Å². The van der Waals surface area contributed by atoms with Gasteiger partial charge in [-0.25, -0.2) is 0 Å². The number of hydrogen-bond donors (Lipinski definition) is 0. The second-order valence-electron chi connectivity index (χ2n) is 11.7. The Kier molecular flexibility index (Phi) is 28.9. The van der Waals surface area contributed by atoms with Crippen LogP contribution in [0.3, 0.4) is 0 Å². The SMILES string of the molecule is CC[N+](CC)(CC)CCCCCCCCCCCCCCCCCCCCC[N+](CC)(CC)CC.[Br-]. The van der Waals surface area contributed by atoms with E-state index in [1.54, 1.807) is 0 Å². The summed E-state index contributed by atoms with van der Waals surface area (Å²) in [5.41, 5.74) is 0. The molecule has 0 aromatic rings. The quantitative estimate of drug-likeness (QED) is 0.0685. The van der Waals surface area contributed by atoms with Gasteiger partial charge in [0.15, 0.2) is 0 Å². The van der Waals surface area contributed by atoms with Gasteiger partial charge in [0, 0.05) is 0 Å². The highest BCUT2D eigenvalue weighted by Gasteiger charge is 2.20. The summed E-state index contributed by atoms with van der Waals surface area (Å²) in [4.78, 5) is 0. The van der Waals surface area contributed by atoms with Crippen LogP contribution >= 0.6 is 0 Å². The molecule has 0 radical (unpaired) electrons. The van der Waals surface area contributed by atoms with Crippen LogP contribution in [0.25, 0.3) is 0 Å². The van der Waals surface area contributed by atoms with Gasteiger partial charge in [-0.2, -0.15) is 0 Å². The van der Waals surface area contributed by atoms with E-state index in [-0.39, 0.29) is 17.0 Å². The smallest absolute Gasteiger partial charge is 0.0786 e. The molecule has 0 aliphatic carbocycles. The molecular weight excluding hydrogens is 504 g/mol. The maximum atomic E-state index is 2.37. The summed E-state index contributed by atoms with van der Waals surface area (Å²) in [7, 11) is 0. The number of hydrogen-bond acceptors (Lipinski definition) is 0. The molecular formula is C33H72BrN2+. The second-order valence-corrected chi connectivity index (χ2v) is 11.7. The monoisotopic (exact) mass is 575 g/mol. The molecule has 0 atom stereocenters. The highest BCUT2D eigenvalue weighted by atomic mass is 79.9. The minimum absolute atomic E-state index is 0. The second kappa shape index (κ2) is 27.0. The molecule has 0 saturated carbocycles. The van der Waals surface area contributed by atoms with E-state index in [0.29, 0.717) is 0 Å². The third kappa shape index (κ3) is 19.5. The van der Waals surface area contributed by atoms with Crippen molar-refractivity contribution >= 4 is 0 Å². The van der Waals surface area contributed by atoms with Crippen molar-refractivity contribution in [1.82, 2.24) is 0 Å². The van der Waals surface area contributed by atoms with E-state index in [9.17, 15) is 0 Å². The fourth-order valence-electron chi connectivity index (χ4n) is 6.19. The van der Waals surface area contributed by atoms with Gasteiger partial charge in [-0.1, -0.05) is 96.3 Å². The third-order valence-corrected chi connectivity index (χ3v) is 9.79. The molecule has 0 saturated heterocycles. The molecule has 3 heteroatoms. The minimum atomic E-state index is 0. The van der Waals surface area contributed by atoms with Crippen LogP contribution < -0.4 is 17.0 Å². The van der Waals surface area contributed by atoms with Crippen molar-refractivity contribution in [3.63, 3.8) is 0 Å². The summed E-state index contributed by atoms with van der Waals surface area (Å²) in [6.45, 7) is 24.9. The van der Waals surface area contributed by atoms with Crippen LogP contribution in [0, 0.1) is 0 Å². The van der Waals surface area contributed by atoms with Gasteiger partial charge < -0.3 is 25.9 Å². The lowest BCUT2D eigenvalue weighted by Gasteiger charge is -2.35. The van der Waals surface area contributed by atoms with Crippen molar-refractivity contribution in [1.29, 1.82) is 0 Å². The van der Waals surface area contributed by atoms with Crippen LogP contribution in [0.2, 0.25) is 0 Å². The molecule has 0 spiro atoms. The Bertz CT molecular complexity index is 363. The van der Waals surface area contributed by atoms with E-state index < -0.39 is 0 Å². The van der Waals surface area contributed by atoms with Crippen LogP contribution in [0.1, 0.15) is 164 Å². The number of halogens is 1. The van der Waals surface area contributed by atoms with Crippen molar-refractivity contribution in [2.45, 2.75) is 164 Å². The molecule has 0 N–H and O–H groups in total. The number of unbranched alkanes of at least 4 members (excludes halogenated alkanes) is 18. The van der Waals surface area contributed by atoms with Gasteiger partial charge in [0.2, 0.25) is 0 Å². The summed E-state index contributed by atoms with van der Waals surface area (Å²) < 4.78 is 2.66. The highest BCUT2D eigenvalue weighted by Crippen LogP contribution is 2.16. The molecule has 220 valence electrons. The lowest BCUT2D eigenvalue weighted by Crippen LogP contribution is -3.00. The average Bonchev–Trinajstić information content (AvgIpc) is 2.90. The molecule has 0 aromatic heterocycles. The molecule has 0 unspecified atom stereocenters. The minimum Gasteiger partial charge on any atom is -1.00 e. The maximum Gasteiger partial charge on any atom is 0.0786 e. The predicted molar refractivity (Wildman–Crippen MR) is 161 cm³/mol. The van der Waals surface area contributed by atoms with Gasteiger partial charge in [-0.3, -0.25) is 0 Å². The van der Waals surface area contributed by atoms with Gasteiger partial charge in [0.05, 0.1) is 52.4 Å². The summed E-state index contributed by atoms with van der Waals surface area (Å²) in [6.07, 6.45) is 28.0. The molecule has 0 rings (SSSR count). The first kappa shape index (κ1) is 38.5. The van der Waals surface area contributed by atoms with Crippen molar-refractivity contribution in [2.24, 2.45) is 0 Å². The van der Waals surface area contributed by atoms with Crippen molar-refractivity contribution in [3.05, 3.63) is 0 Å². The van der Waals surface area contributed by atoms with E-state index in [1.807, 2.05) is 0 Å². The first-order valence-corrected chi connectivity index (χ1v) is 16.8. The molecule has 2 nitrogen and oxygen atoms in total. The van der Waals surface area contributed by atoms with Gasteiger partial charge in [-0.05, 0) is 67.2 Å². The number of quaternary nitrogens is 2. The average molecular weight is 577 g/mol. The van der Waals surface area contributed by atoms with Crippen LogP contribution in [0.4, 0.5) is 0 Å². The molecule has 0 amide bonds. The normalized spacial score (nSPS) is 12.2. The van der Waals surface area contributed by atoms with Crippen LogP contribution in [0.5, 0.6) is 0 Å². The fraction of sp³-hybridized carbons (Fsp3) is 1.00. The van der Waals surface area contributed by atoms with Crippen molar-refractivity contribution < 1.29 is 25.9 Å². The summed E-state index contributed by atoms with van der Waals surface area (Å²) in [5.74, 6) is 0. The van der Waals surface area contributed by atoms with E-state index >= 15 is 0 Å². The highest BCUT2D eigenvalue weighted by molar-refractivity contribution is 4.52. The van der Waals surface area contributed by atoms with E-state index in [4.69, 9.17) is 0 Å². The van der Waals surface area contributed by atoms with Crippen LogP contribution in [-0.2, 0) is 0 Å². The van der Waals surface area contributed by atoms with Crippen LogP contribution in [0.15, 0.2) is 0 Å². The first-order chi connectivity index (χ1) is 17.1. The predicted octanol–water partition coefficient (Wildman–Crippen LogP) is 7.16. The molecule has 0 fully saturated rings. The fourth-order valence-corrected chi connectivity index (χ4v) is 6.19.